The first kappa shape index (κ1) is 16.5. The molecule has 0 N–H and O–H groups in total. The molecule has 2 rings (SSSR count). The minimum Gasteiger partial charge on any atom is -0.261 e. The standard InChI is InChI=1S/C18H26N4/c1-17(2,3)10-16-21-11-14(12-22-16)8-18(4,5)9-15-13-19-6-7-20-15/h6-7,11-13H,8-10H2,1-5H3. The van der Waals surface area contributed by atoms with Gasteiger partial charge in [-0.05, 0) is 29.2 Å². The van der Waals surface area contributed by atoms with Gasteiger partial charge in [-0.2, -0.15) is 0 Å². The first-order valence-electron chi connectivity index (χ1n) is 7.78. The lowest BCUT2D eigenvalue weighted by Gasteiger charge is -2.24. The predicted octanol–water partition coefficient (Wildman–Crippen LogP) is 3.67. The van der Waals surface area contributed by atoms with Gasteiger partial charge in [-0.3, -0.25) is 9.97 Å². The highest BCUT2D eigenvalue weighted by Gasteiger charge is 2.21. The summed E-state index contributed by atoms with van der Waals surface area (Å²) in [5.74, 6) is 0.919. The number of hydrogen-bond donors (Lipinski definition) is 0. The number of rotatable bonds is 5. The molecule has 0 fully saturated rings. The van der Waals surface area contributed by atoms with Crippen LogP contribution in [0.5, 0.6) is 0 Å². The van der Waals surface area contributed by atoms with Crippen LogP contribution < -0.4 is 0 Å². The molecule has 0 unspecified atom stereocenters. The molecular weight excluding hydrogens is 272 g/mol. The summed E-state index contributed by atoms with van der Waals surface area (Å²) in [6, 6.07) is 0. The molecule has 0 bridgehead atoms. The Morgan fingerprint density at radius 3 is 2.00 bits per heavy atom. The zero-order valence-corrected chi connectivity index (χ0v) is 14.3. The van der Waals surface area contributed by atoms with Crippen molar-refractivity contribution in [1.82, 2.24) is 19.9 Å². The molecule has 0 saturated carbocycles. The average Bonchev–Trinajstić information content (AvgIpc) is 2.39. The van der Waals surface area contributed by atoms with Gasteiger partial charge in [-0.25, -0.2) is 9.97 Å². The van der Waals surface area contributed by atoms with Crippen LogP contribution in [0.25, 0.3) is 0 Å². The molecule has 0 aliphatic carbocycles. The van der Waals surface area contributed by atoms with Gasteiger partial charge >= 0.3 is 0 Å². The zero-order chi connectivity index (χ0) is 16.2. The molecule has 118 valence electrons. The van der Waals surface area contributed by atoms with Crippen LogP contribution in [0, 0.1) is 10.8 Å². The maximum atomic E-state index is 4.52. The van der Waals surface area contributed by atoms with Gasteiger partial charge in [0.05, 0.1) is 5.69 Å². The molecular formula is C18H26N4. The van der Waals surface area contributed by atoms with Crippen LogP contribution in [0.4, 0.5) is 0 Å². The molecule has 4 heteroatoms. The molecule has 0 amide bonds. The fourth-order valence-corrected chi connectivity index (χ4v) is 2.57. The van der Waals surface area contributed by atoms with Gasteiger partial charge in [-0.15, -0.1) is 0 Å². The summed E-state index contributed by atoms with van der Waals surface area (Å²) < 4.78 is 0. The predicted molar refractivity (Wildman–Crippen MR) is 88.4 cm³/mol. The van der Waals surface area contributed by atoms with Crippen molar-refractivity contribution < 1.29 is 0 Å². The van der Waals surface area contributed by atoms with Gasteiger partial charge in [0.2, 0.25) is 0 Å². The Labute approximate surface area is 133 Å². The van der Waals surface area contributed by atoms with Crippen molar-refractivity contribution in [2.45, 2.75) is 53.9 Å². The van der Waals surface area contributed by atoms with Crippen LogP contribution in [0.2, 0.25) is 0 Å². The van der Waals surface area contributed by atoms with E-state index >= 15 is 0 Å². The number of hydrogen-bond acceptors (Lipinski definition) is 4. The Balaban J connectivity index is 2.00. The van der Waals surface area contributed by atoms with Crippen LogP contribution in [-0.2, 0) is 19.3 Å². The molecule has 2 aromatic rings. The van der Waals surface area contributed by atoms with Crippen molar-refractivity contribution in [1.29, 1.82) is 0 Å². The van der Waals surface area contributed by atoms with Gasteiger partial charge in [0.1, 0.15) is 5.82 Å². The fourth-order valence-electron chi connectivity index (χ4n) is 2.57. The summed E-state index contributed by atoms with van der Waals surface area (Å²) in [6.07, 6.45) is 11.9. The maximum absolute atomic E-state index is 4.52. The van der Waals surface area contributed by atoms with Crippen LogP contribution in [0.15, 0.2) is 31.0 Å². The molecule has 2 heterocycles. The normalized spacial score (nSPS) is 12.4. The quantitative estimate of drug-likeness (QED) is 0.845. The van der Waals surface area contributed by atoms with Crippen molar-refractivity contribution in [2.75, 3.05) is 0 Å². The summed E-state index contributed by atoms with van der Waals surface area (Å²) in [5.41, 5.74) is 2.52. The van der Waals surface area contributed by atoms with Crippen molar-refractivity contribution in [3.63, 3.8) is 0 Å². The molecule has 0 atom stereocenters. The Kier molecular flexibility index (Phi) is 4.89. The van der Waals surface area contributed by atoms with Crippen molar-refractivity contribution in [3.05, 3.63) is 48.1 Å². The van der Waals surface area contributed by atoms with Gasteiger partial charge < -0.3 is 0 Å². The molecule has 0 aliphatic rings. The van der Waals surface area contributed by atoms with E-state index in [2.05, 4.69) is 54.6 Å². The Hall–Kier alpha value is -1.84. The van der Waals surface area contributed by atoms with Crippen LogP contribution in [0.3, 0.4) is 0 Å². The van der Waals surface area contributed by atoms with Gasteiger partial charge in [0, 0.05) is 37.4 Å². The Bertz CT molecular complexity index is 583. The van der Waals surface area contributed by atoms with E-state index in [9.17, 15) is 0 Å². The van der Waals surface area contributed by atoms with Crippen molar-refractivity contribution >= 4 is 0 Å². The smallest absolute Gasteiger partial charge is 0.128 e. The third kappa shape index (κ3) is 5.51. The number of nitrogens with zero attached hydrogens (tertiary/aromatic N) is 4. The molecule has 4 nitrogen and oxygen atoms in total. The molecule has 0 saturated heterocycles. The third-order valence-electron chi connectivity index (χ3n) is 3.41. The van der Waals surface area contributed by atoms with E-state index in [-0.39, 0.29) is 10.8 Å². The lowest BCUT2D eigenvalue weighted by molar-refractivity contribution is 0.354. The van der Waals surface area contributed by atoms with Gasteiger partial charge in [-0.1, -0.05) is 34.6 Å². The van der Waals surface area contributed by atoms with Crippen LogP contribution >= 0.6 is 0 Å². The Morgan fingerprint density at radius 1 is 0.773 bits per heavy atom. The minimum atomic E-state index is 0.102. The molecule has 0 spiro atoms. The zero-order valence-electron chi connectivity index (χ0n) is 14.3. The van der Waals surface area contributed by atoms with Crippen molar-refractivity contribution in [3.8, 4) is 0 Å². The number of aromatic nitrogens is 4. The molecule has 0 aromatic carbocycles. The fraction of sp³-hybridized carbons (Fsp3) is 0.556. The van der Waals surface area contributed by atoms with E-state index in [1.54, 1.807) is 12.4 Å². The van der Waals surface area contributed by atoms with E-state index in [0.29, 0.717) is 0 Å². The molecule has 22 heavy (non-hydrogen) atoms. The van der Waals surface area contributed by atoms with Crippen LogP contribution in [-0.4, -0.2) is 19.9 Å². The second kappa shape index (κ2) is 6.51. The minimum absolute atomic E-state index is 0.102. The van der Waals surface area contributed by atoms with Crippen LogP contribution in [0.1, 0.15) is 51.7 Å². The average molecular weight is 298 g/mol. The van der Waals surface area contributed by atoms with Gasteiger partial charge in [0.15, 0.2) is 0 Å². The summed E-state index contributed by atoms with van der Waals surface area (Å²) in [5, 5.41) is 0. The lowest BCUT2D eigenvalue weighted by atomic mass is 9.82. The molecule has 0 aliphatic heterocycles. The monoisotopic (exact) mass is 298 g/mol. The second-order valence-electron chi connectivity index (χ2n) is 7.96. The van der Waals surface area contributed by atoms with E-state index in [0.717, 1.165) is 30.8 Å². The highest BCUT2D eigenvalue weighted by molar-refractivity contribution is 5.10. The lowest BCUT2D eigenvalue weighted by Crippen LogP contribution is -2.20. The van der Waals surface area contributed by atoms with E-state index in [1.165, 1.54) is 5.56 Å². The molecule has 0 radical (unpaired) electrons. The summed E-state index contributed by atoms with van der Waals surface area (Å²) in [7, 11) is 0. The summed E-state index contributed by atoms with van der Waals surface area (Å²) in [6.45, 7) is 11.1. The Morgan fingerprint density at radius 2 is 1.45 bits per heavy atom. The largest absolute Gasteiger partial charge is 0.261 e. The topological polar surface area (TPSA) is 51.6 Å². The SMILES string of the molecule is CC(C)(C)Cc1ncc(CC(C)(C)Cc2cnccn2)cn1. The highest BCUT2D eigenvalue weighted by atomic mass is 14.9. The highest BCUT2D eigenvalue weighted by Crippen LogP contribution is 2.25. The van der Waals surface area contributed by atoms with E-state index in [4.69, 9.17) is 0 Å². The third-order valence-corrected chi connectivity index (χ3v) is 3.41. The van der Waals surface area contributed by atoms with Gasteiger partial charge in [0.25, 0.3) is 0 Å². The summed E-state index contributed by atoms with van der Waals surface area (Å²) >= 11 is 0. The van der Waals surface area contributed by atoms with E-state index < -0.39 is 0 Å². The first-order chi connectivity index (χ1) is 10.2. The van der Waals surface area contributed by atoms with Crippen molar-refractivity contribution in [2.24, 2.45) is 10.8 Å². The first-order valence-corrected chi connectivity index (χ1v) is 7.78. The summed E-state index contributed by atoms with van der Waals surface area (Å²) in [4.78, 5) is 17.5. The second-order valence-corrected chi connectivity index (χ2v) is 7.96. The van der Waals surface area contributed by atoms with E-state index in [1.807, 2.05) is 18.6 Å². The maximum Gasteiger partial charge on any atom is 0.128 e. The molecule has 2 aromatic heterocycles.